The van der Waals surface area contributed by atoms with Crippen molar-refractivity contribution in [3.63, 3.8) is 0 Å². The molecule has 0 atom stereocenters. The Kier molecular flexibility index (Phi) is 8.74. The predicted octanol–water partition coefficient (Wildman–Crippen LogP) is 3.73. The molecule has 0 unspecified atom stereocenters. The van der Waals surface area contributed by atoms with Crippen LogP contribution in [0, 0.1) is 0 Å². The summed E-state index contributed by atoms with van der Waals surface area (Å²) >= 11 is 0. The van der Waals surface area contributed by atoms with Crippen molar-refractivity contribution in [1.82, 2.24) is 30.2 Å². The van der Waals surface area contributed by atoms with Crippen LogP contribution in [0.1, 0.15) is 42.7 Å². The molecule has 0 aliphatic carbocycles. The van der Waals surface area contributed by atoms with Crippen molar-refractivity contribution < 1.29 is 33.6 Å². The Labute approximate surface area is 235 Å². The van der Waals surface area contributed by atoms with Gasteiger partial charge in [0.15, 0.2) is 24.1 Å². The van der Waals surface area contributed by atoms with Crippen LogP contribution in [0.3, 0.4) is 0 Å². The number of aryl methyl sites for hydroxylation is 1. The number of carboxylic acids is 1. The number of methoxy groups -OCH3 is 1. The summed E-state index contributed by atoms with van der Waals surface area (Å²) in [6, 6.07) is 10.9. The van der Waals surface area contributed by atoms with Crippen molar-refractivity contribution in [2.24, 2.45) is 0 Å². The first-order valence-corrected chi connectivity index (χ1v) is 13.1. The summed E-state index contributed by atoms with van der Waals surface area (Å²) in [4.78, 5) is 17.0. The number of ether oxygens (including phenoxy) is 5. The van der Waals surface area contributed by atoms with E-state index in [1.807, 2.05) is 28.8 Å². The third kappa shape index (κ3) is 6.64. The molecule has 41 heavy (non-hydrogen) atoms. The first-order valence-electron chi connectivity index (χ1n) is 13.1. The van der Waals surface area contributed by atoms with Crippen molar-refractivity contribution in [3.05, 3.63) is 71.1 Å². The summed E-state index contributed by atoms with van der Waals surface area (Å²) in [5, 5.41) is 23.6. The van der Waals surface area contributed by atoms with Crippen molar-refractivity contribution in [2.75, 3.05) is 20.7 Å². The van der Waals surface area contributed by atoms with Gasteiger partial charge in [0.1, 0.15) is 23.9 Å². The van der Waals surface area contributed by atoms with Crippen LogP contribution in [0.15, 0.2) is 48.2 Å². The van der Waals surface area contributed by atoms with Gasteiger partial charge in [0.2, 0.25) is 6.79 Å². The minimum absolute atomic E-state index is 0.0139. The molecule has 2 N–H and O–H groups in total. The highest BCUT2D eigenvalue weighted by Crippen LogP contribution is 2.39. The van der Waals surface area contributed by atoms with Gasteiger partial charge in [-0.3, -0.25) is 4.57 Å². The topological polar surface area (TPSA) is 156 Å². The number of aromatic amines is 1. The smallest absolute Gasteiger partial charge is 0.331 e. The number of aromatic nitrogens is 6. The van der Waals surface area contributed by atoms with Crippen LogP contribution in [-0.2, 0) is 29.0 Å². The monoisotopic (exact) mass is 562 g/mol. The summed E-state index contributed by atoms with van der Waals surface area (Å²) in [6.45, 7) is 2.41. The third-order valence-electron chi connectivity index (χ3n) is 6.39. The molecule has 0 saturated carbocycles. The quantitative estimate of drug-likeness (QED) is 0.131. The largest absolute Gasteiger partial charge is 0.496 e. The number of rotatable bonds is 14. The number of benzene rings is 2. The lowest BCUT2D eigenvalue weighted by atomic mass is 10.0. The van der Waals surface area contributed by atoms with Crippen molar-refractivity contribution in [1.29, 1.82) is 0 Å². The van der Waals surface area contributed by atoms with E-state index in [9.17, 15) is 9.90 Å². The third-order valence-corrected chi connectivity index (χ3v) is 6.39. The van der Waals surface area contributed by atoms with Crippen molar-refractivity contribution in [2.45, 2.75) is 39.2 Å². The van der Waals surface area contributed by atoms with E-state index in [4.69, 9.17) is 23.7 Å². The number of hydrogen-bond donors (Lipinski definition) is 2. The van der Waals surface area contributed by atoms with Crippen LogP contribution in [0.4, 0.5) is 0 Å². The molecule has 214 valence electrons. The van der Waals surface area contributed by atoms with Gasteiger partial charge in [-0.05, 0) is 42.8 Å². The fourth-order valence-corrected chi connectivity index (χ4v) is 4.36. The lowest BCUT2D eigenvalue weighted by Gasteiger charge is -2.13. The zero-order valence-corrected chi connectivity index (χ0v) is 22.7. The fraction of sp³-hybridized carbons (Fsp3) is 0.321. The maximum atomic E-state index is 12.4. The van der Waals surface area contributed by atoms with Gasteiger partial charge in [-0.1, -0.05) is 18.6 Å². The Hall–Kier alpha value is -4.91. The van der Waals surface area contributed by atoms with Crippen LogP contribution >= 0.6 is 0 Å². The van der Waals surface area contributed by atoms with Gasteiger partial charge in [-0.2, -0.15) is 5.21 Å². The van der Waals surface area contributed by atoms with Crippen LogP contribution in [0.2, 0.25) is 0 Å². The molecular formula is C28H30N6O7. The van der Waals surface area contributed by atoms with E-state index in [0.29, 0.717) is 40.1 Å². The van der Waals surface area contributed by atoms with Gasteiger partial charge in [0.05, 0.1) is 19.0 Å². The molecule has 0 spiro atoms. The molecule has 0 radical (unpaired) electrons. The van der Waals surface area contributed by atoms with Crippen LogP contribution in [0.5, 0.6) is 23.0 Å². The lowest BCUT2D eigenvalue weighted by molar-refractivity contribution is -0.132. The number of fused-ring (bicyclic) bond motifs is 1. The van der Waals surface area contributed by atoms with E-state index in [0.717, 1.165) is 30.8 Å². The van der Waals surface area contributed by atoms with E-state index >= 15 is 0 Å². The average molecular weight is 563 g/mol. The standard InChI is InChI=1S/C28H30N6O7/c1-3-4-5-27-29-14-21(11-19(28(35)36)10-18-12-24-25(41-17-40-24)13-23(18)37-2)34(27)20-6-8-22(9-7-20)39-16-38-15-26-30-32-33-31-26/h6-9,11-14H,3-5,10,15-17H2,1-2H3,(H,35,36)(H,30,31,32,33)/b19-11+. The van der Waals surface area contributed by atoms with Gasteiger partial charge in [0, 0.05) is 35.7 Å². The second-order valence-electron chi connectivity index (χ2n) is 9.14. The maximum absolute atomic E-state index is 12.4. The van der Waals surface area contributed by atoms with E-state index in [1.165, 1.54) is 7.11 Å². The first kappa shape index (κ1) is 27.6. The molecule has 2 aromatic heterocycles. The SMILES string of the molecule is CCCCc1ncc(/C=C(\Cc2cc3c(cc2OC)OCO3)C(=O)O)n1-c1ccc(OCOCc2nn[nH]n2)cc1. The summed E-state index contributed by atoms with van der Waals surface area (Å²) in [6.07, 6.45) is 6.14. The zero-order chi connectivity index (χ0) is 28.6. The van der Waals surface area contributed by atoms with Crippen LogP contribution in [-0.4, -0.2) is 61.9 Å². The normalized spacial score (nSPS) is 12.5. The van der Waals surface area contributed by atoms with Crippen molar-refractivity contribution in [3.8, 4) is 28.7 Å². The number of nitrogens with one attached hydrogen (secondary N) is 1. The molecular weight excluding hydrogens is 532 g/mol. The highest BCUT2D eigenvalue weighted by Gasteiger charge is 2.21. The summed E-state index contributed by atoms with van der Waals surface area (Å²) in [5.74, 6) is 2.47. The molecule has 0 fully saturated rings. The number of imidazole rings is 1. The molecule has 5 rings (SSSR count). The Morgan fingerprint density at radius 2 is 2.00 bits per heavy atom. The highest BCUT2D eigenvalue weighted by molar-refractivity contribution is 5.92. The van der Waals surface area contributed by atoms with Gasteiger partial charge in [-0.25, -0.2) is 9.78 Å². The van der Waals surface area contributed by atoms with E-state index < -0.39 is 5.97 Å². The Morgan fingerprint density at radius 1 is 1.20 bits per heavy atom. The second-order valence-corrected chi connectivity index (χ2v) is 9.14. The van der Waals surface area contributed by atoms with Gasteiger partial charge in [-0.15, -0.1) is 10.2 Å². The number of aliphatic carboxylic acids is 1. The van der Waals surface area contributed by atoms with Gasteiger partial charge >= 0.3 is 5.97 Å². The lowest BCUT2D eigenvalue weighted by Crippen LogP contribution is -2.08. The summed E-state index contributed by atoms with van der Waals surface area (Å²) in [7, 11) is 1.54. The zero-order valence-electron chi connectivity index (χ0n) is 22.7. The Morgan fingerprint density at radius 3 is 2.71 bits per heavy atom. The van der Waals surface area contributed by atoms with Crippen LogP contribution < -0.4 is 18.9 Å². The van der Waals surface area contributed by atoms with Crippen LogP contribution in [0.25, 0.3) is 11.8 Å². The molecule has 4 aromatic rings. The van der Waals surface area contributed by atoms with E-state index in [-0.39, 0.29) is 32.2 Å². The number of hydrogen-bond acceptors (Lipinski definition) is 10. The molecule has 0 bridgehead atoms. The minimum atomic E-state index is -1.04. The average Bonchev–Trinajstić information content (AvgIpc) is 3.75. The number of tetrazole rings is 1. The number of unbranched alkanes of at least 4 members (excludes halogenated alkanes) is 1. The minimum Gasteiger partial charge on any atom is -0.496 e. The Bertz CT molecular complexity index is 1500. The molecule has 1 aliphatic rings. The molecule has 0 saturated heterocycles. The van der Waals surface area contributed by atoms with E-state index in [2.05, 4.69) is 32.5 Å². The Balaban J connectivity index is 1.38. The molecule has 0 amide bonds. The van der Waals surface area contributed by atoms with Gasteiger partial charge < -0.3 is 28.8 Å². The first-order chi connectivity index (χ1) is 20.1. The second kappa shape index (κ2) is 13.0. The number of nitrogens with zero attached hydrogens (tertiary/aromatic N) is 5. The molecule has 1 aliphatic heterocycles. The summed E-state index contributed by atoms with van der Waals surface area (Å²) in [5.41, 5.74) is 2.31. The molecule has 13 nitrogen and oxygen atoms in total. The fourth-order valence-electron chi connectivity index (χ4n) is 4.36. The highest BCUT2D eigenvalue weighted by atomic mass is 16.7. The number of H-pyrrole nitrogens is 1. The van der Waals surface area contributed by atoms with Crippen molar-refractivity contribution >= 4 is 12.0 Å². The number of carboxylic acid groups (broad SMARTS) is 1. The molecule has 3 heterocycles. The number of carbonyl (C=O) groups is 1. The maximum Gasteiger partial charge on any atom is 0.331 e. The molecule has 13 heteroatoms. The van der Waals surface area contributed by atoms with Gasteiger partial charge in [0.25, 0.3) is 0 Å². The predicted molar refractivity (Wildman–Crippen MR) is 145 cm³/mol. The van der Waals surface area contributed by atoms with E-state index in [1.54, 1.807) is 24.4 Å². The summed E-state index contributed by atoms with van der Waals surface area (Å²) < 4.78 is 29.5. The molecule has 2 aromatic carbocycles.